The smallest absolute Gasteiger partial charge is 0.349 e. The van der Waals surface area contributed by atoms with Crippen LogP contribution in [0.1, 0.15) is 17.7 Å². The number of benzene rings is 1. The van der Waals surface area contributed by atoms with Crippen molar-refractivity contribution in [3.05, 3.63) is 72.1 Å². The number of hydrogen-bond acceptors (Lipinski definition) is 6. The summed E-state index contributed by atoms with van der Waals surface area (Å²) in [4.78, 5) is 24.1. The minimum absolute atomic E-state index is 0.140. The standard InChI is InChI=1S/C22H18F5N5O3S/c23-14-2-1-3-17(6-14)36(34,35)32-11-15(24)7-20(32)21(33)29-10-16-8-19(31-12-30-16)18-5-4-13(9-28-18)22(25,26)27/h1-6,8-9,12,15,20H,7,10-11H2,(H,29,33)/t15-,20+/m1/s1. The first-order valence-electron chi connectivity index (χ1n) is 10.5. The zero-order valence-electron chi connectivity index (χ0n) is 18.3. The summed E-state index contributed by atoms with van der Waals surface area (Å²) in [7, 11) is -4.35. The molecule has 2 atom stereocenters. The zero-order chi connectivity index (χ0) is 26.1. The summed E-state index contributed by atoms with van der Waals surface area (Å²) in [6.45, 7) is -0.759. The van der Waals surface area contributed by atoms with Crippen LogP contribution in [0, 0.1) is 5.82 Å². The summed E-state index contributed by atoms with van der Waals surface area (Å²) in [6.07, 6.45) is -4.73. The molecule has 2 aromatic heterocycles. The van der Waals surface area contributed by atoms with Crippen molar-refractivity contribution in [1.29, 1.82) is 0 Å². The summed E-state index contributed by atoms with van der Waals surface area (Å²) in [5, 5.41) is 2.49. The third-order valence-corrected chi connectivity index (χ3v) is 7.30. The summed E-state index contributed by atoms with van der Waals surface area (Å²) in [5.41, 5.74) is -0.331. The van der Waals surface area contributed by atoms with Crippen molar-refractivity contribution in [3.63, 3.8) is 0 Å². The number of nitrogens with zero attached hydrogens (tertiary/aromatic N) is 4. The maximum absolute atomic E-state index is 14.2. The molecule has 3 heterocycles. The molecule has 1 aliphatic rings. The van der Waals surface area contributed by atoms with Gasteiger partial charge in [-0.25, -0.2) is 27.2 Å². The van der Waals surface area contributed by atoms with Crippen molar-refractivity contribution < 1.29 is 35.2 Å². The second-order valence-electron chi connectivity index (χ2n) is 7.92. The number of nitrogens with one attached hydrogen (secondary N) is 1. The van der Waals surface area contributed by atoms with E-state index < -0.39 is 57.1 Å². The molecule has 0 unspecified atom stereocenters. The van der Waals surface area contributed by atoms with E-state index in [1.807, 2.05) is 0 Å². The molecule has 1 amide bonds. The molecule has 1 fully saturated rings. The van der Waals surface area contributed by atoms with Crippen molar-refractivity contribution in [3.8, 4) is 11.4 Å². The molecule has 14 heteroatoms. The Bertz CT molecular complexity index is 1370. The first kappa shape index (κ1) is 25.6. The van der Waals surface area contributed by atoms with Crippen LogP contribution in [0.5, 0.6) is 0 Å². The van der Waals surface area contributed by atoms with E-state index >= 15 is 0 Å². The van der Waals surface area contributed by atoms with Crippen LogP contribution in [-0.4, -0.2) is 52.3 Å². The minimum Gasteiger partial charge on any atom is -0.349 e. The predicted molar refractivity (Wildman–Crippen MR) is 116 cm³/mol. The summed E-state index contributed by atoms with van der Waals surface area (Å²) >= 11 is 0. The molecule has 1 aromatic carbocycles. The number of carbonyl (C=O) groups excluding carboxylic acids is 1. The zero-order valence-corrected chi connectivity index (χ0v) is 19.1. The van der Waals surface area contributed by atoms with Gasteiger partial charge in [-0.15, -0.1) is 0 Å². The van der Waals surface area contributed by atoms with Crippen LogP contribution in [-0.2, 0) is 27.5 Å². The van der Waals surface area contributed by atoms with E-state index in [0.29, 0.717) is 10.5 Å². The fraction of sp³-hybridized carbons (Fsp3) is 0.273. The number of halogens is 5. The van der Waals surface area contributed by atoms with Crippen molar-refractivity contribution in [2.75, 3.05) is 6.54 Å². The predicted octanol–water partition coefficient (Wildman–Crippen LogP) is 3.11. The maximum atomic E-state index is 14.2. The molecule has 1 saturated heterocycles. The van der Waals surface area contributed by atoms with E-state index in [4.69, 9.17) is 0 Å². The largest absolute Gasteiger partial charge is 0.417 e. The lowest BCUT2D eigenvalue weighted by Crippen LogP contribution is -2.45. The quantitative estimate of drug-likeness (QED) is 0.494. The van der Waals surface area contributed by atoms with E-state index in [1.165, 1.54) is 12.1 Å². The maximum Gasteiger partial charge on any atom is 0.417 e. The van der Waals surface area contributed by atoms with Gasteiger partial charge in [0.2, 0.25) is 15.9 Å². The van der Waals surface area contributed by atoms with Crippen molar-refractivity contribution in [1.82, 2.24) is 24.6 Å². The third kappa shape index (κ3) is 5.49. The summed E-state index contributed by atoms with van der Waals surface area (Å²) in [6, 6.07) is 6.20. The molecule has 0 radical (unpaired) electrons. The topological polar surface area (TPSA) is 105 Å². The minimum atomic E-state index is -4.54. The van der Waals surface area contributed by atoms with E-state index in [-0.39, 0.29) is 30.0 Å². The Kier molecular flexibility index (Phi) is 7.00. The average molecular weight is 527 g/mol. The number of hydrogen-bond donors (Lipinski definition) is 1. The van der Waals surface area contributed by atoms with E-state index in [9.17, 15) is 35.2 Å². The van der Waals surface area contributed by atoms with Crippen LogP contribution in [0.2, 0.25) is 0 Å². The van der Waals surface area contributed by atoms with Gasteiger partial charge in [0.1, 0.15) is 24.4 Å². The van der Waals surface area contributed by atoms with Gasteiger partial charge in [-0.3, -0.25) is 9.78 Å². The van der Waals surface area contributed by atoms with Crippen LogP contribution in [0.15, 0.2) is 59.9 Å². The average Bonchev–Trinajstić information content (AvgIpc) is 3.25. The van der Waals surface area contributed by atoms with Gasteiger partial charge in [-0.2, -0.15) is 17.5 Å². The normalized spacial score (nSPS) is 18.8. The molecule has 8 nitrogen and oxygen atoms in total. The molecule has 0 saturated carbocycles. The highest BCUT2D eigenvalue weighted by Gasteiger charge is 2.44. The molecule has 0 aliphatic carbocycles. The van der Waals surface area contributed by atoms with Gasteiger partial charge in [0, 0.05) is 19.2 Å². The van der Waals surface area contributed by atoms with Crippen molar-refractivity contribution in [2.24, 2.45) is 0 Å². The number of alkyl halides is 4. The molecular weight excluding hydrogens is 509 g/mol. The Morgan fingerprint density at radius 1 is 1.08 bits per heavy atom. The Hall–Kier alpha value is -3.52. The van der Waals surface area contributed by atoms with Gasteiger partial charge < -0.3 is 5.32 Å². The molecule has 0 spiro atoms. The molecular formula is C22H18F5N5O3S. The fourth-order valence-electron chi connectivity index (χ4n) is 3.67. The van der Waals surface area contributed by atoms with Gasteiger partial charge >= 0.3 is 6.18 Å². The van der Waals surface area contributed by atoms with Crippen LogP contribution in [0.4, 0.5) is 22.0 Å². The van der Waals surface area contributed by atoms with Crippen LogP contribution >= 0.6 is 0 Å². The molecule has 0 bridgehead atoms. The number of rotatable bonds is 6. The van der Waals surface area contributed by atoms with E-state index in [1.54, 1.807) is 0 Å². The number of pyridine rings is 1. The van der Waals surface area contributed by atoms with Gasteiger partial charge in [0.15, 0.2) is 0 Å². The van der Waals surface area contributed by atoms with Gasteiger partial charge in [0.05, 0.1) is 34.1 Å². The monoisotopic (exact) mass is 527 g/mol. The second-order valence-corrected chi connectivity index (χ2v) is 9.81. The molecule has 190 valence electrons. The molecule has 4 rings (SSSR count). The third-order valence-electron chi connectivity index (χ3n) is 5.43. The summed E-state index contributed by atoms with van der Waals surface area (Å²) in [5.74, 6) is -1.59. The van der Waals surface area contributed by atoms with Crippen molar-refractivity contribution >= 4 is 15.9 Å². The summed E-state index contributed by atoms with van der Waals surface area (Å²) < 4.78 is 92.5. The number of sulfonamides is 1. The number of aromatic nitrogens is 3. The highest BCUT2D eigenvalue weighted by Crippen LogP contribution is 2.30. The van der Waals surface area contributed by atoms with Gasteiger partial charge in [-0.05, 0) is 36.4 Å². The van der Waals surface area contributed by atoms with Crippen LogP contribution in [0.3, 0.4) is 0 Å². The van der Waals surface area contributed by atoms with E-state index in [2.05, 4.69) is 20.3 Å². The SMILES string of the molecule is O=C(NCc1cc(-c2ccc(C(F)(F)F)cn2)ncn1)[C@@H]1C[C@@H](F)CN1S(=O)(=O)c1cccc(F)c1. The van der Waals surface area contributed by atoms with Crippen molar-refractivity contribution in [2.45, 2.75) is 36.3 Å². The lowest BCUT2D eigenvalue weighted by molar-refractivity contribution is -0.137. The molecule has 1 aliphatic heterocycles. The lowest BCUT2D eigenvalue weighted by atomic mass is 10.2. The van der Waals surface area contributed by atoms with Crippen LogP contribution in [0.25, 0.3) is 11.4 Å². The number of carbonyl (C=O) groups is 1. The Labute approximate surface area is 202 Å². The molecule has 36 heavy (non-hydrogen) atoms. The Balaban J connectivity index is 1.47. The van der Waals surface area contributed by atoms with E-state index in [0.717, 1.165) is 36.7 Å². The van der Waals surface area contributed by atoms with Gasteiger partial charge in [0.25, 0.3) is 0 Å². The number of amides is 1. The Morgan fingerprint density at radius 3 is 2.53 bits per heavy atom. The first-order chi connectivity index (χ1) is 16.9. The highest BCUT2D eigenvalue weighted by atomic mass is 32.2. The fourth-order valence-corrected chi connectivity index (χ4v) is 5.32. The van der Waals surface area contributed by atoms with Crippen LogP contribution < -0.4 is 5.32 Å². The molecule has 1 N–H and O–H groups in total. The second kappa shape index (κ2) is 9.85. The molecule has 3 aromatic rings. The Morgan fingerprint density at radius 2 is 1.86 bits per heavy atom. The first-order valence-corrected chi connectivity index (χ1v) is 11.9. The van der Waals surface area contributed by atoms with Gasteiger partial charge in [-0.1, -0.05) is 6.07 Å². The lowest BCUT2D eigenvalue weighted by Gasteiger charge is -2.23. The highest BCUT2D eigenvalue weighted by molar-refractivity contribution is 7.89.